The summed E-state index contributed by atoms with van der Waals surface area (Å²) >= 11 is 0. The number of anilines is 1. The number of hydrazone groups is 1. The molecule has 23 heavy (non-hydrogen) atoms. The van der Waals surface area contributed by atoms with Crippen molar-refractivity contribution in [2.45, 2.75) is 6.92 Å². The molecule has 0 amide bonds. The maximum Gasteiger partial charge on any atom is 0.359 e. The average molecular weight is 313 g/mol. The van der Waals surface area contributed by atoms with Gasteiger partial charge in [-0.05, 0) is 19.1 Å². The molecule has 118 valence electrons. The Morgan fingerprint density at radius 1 is 1.17 bits per heavy atom. The van der Waals surface area contributed by atoms with Gasteiger partial charge in [-0.15, -0.1) is 0 Å². The lowest BCUT2D eigenvalue weighted by atomic mass is 10.1. The molecule has 0 aromatic heterocycles. The highest BCUT2D eigenvalue weighted by Gasteiger charge is 2.15. The zero-order chi connectivity index (χ0) is 16.7. The monoisotopic (exact) mass is 313 g/mol. The first-order valence-electron chi connectivity index (χ1n) is 6.92. The SMILES string of the molecule is CCOC(=O)/C(=N\Nc1ccc([N+](=O)[O-])cc1)c1ccccc1. The number of rotatable bonds is 6. The molecule has 0 aliphatic heterocycles. The van der Waals surface area contributed by atoms with Crippen LogP contribution < -0.4 is 5.43 Å². The van der Waals surface area contributed by atoms with Gasteiger partial charge in [0, 0.05) is 17.7 Å². The van der Waals surface area contributed by atoms with E-state index in [1.54, 1.807) is 31.2 Å². The molecule has 0 spiro atoms. The van der Waals surface area contributed by atoms with E-state index in [9.17, 15) is 14.9 Å². The summed E-state index contributed by atoms with van der Waals surface area (Å²) in [5, 5.41) is 14.7. The van der Waals surface area contributed by atoms with Gasteiger partial charge in [-0.2, -0.15) is 5.10 Å². The summed E-state index contributed by atoms with van der Waals surface area (Å²) in [6.45, 7) is 1.95. The van der Waals surface area contributed by atoms with Gasteiger partial charge in [-0.1, -0.05) is 30.3 Å². The van der Waals surface area contributed by atoms with Gasteiger partial charge in [-0.25, -0.2) is 4.79 Å². The van der Waals surface area contributed by atoms with E-state index in [1.165, 1.54) is 24.3 Å². The molecule has 0 saturated carbocycles. The van der Waals surface area contributed by atoms with E-state index < -0.39 is 10.9 Å². The molecule has 2 aromatic carbocycles. The fourth-order valence-electron chi connectivity index (χ4n) is 1.80. The van der Waals surface area contributed by atoms with E-state index in [0.717, 1.165) is 0 Å². The normalized spacial score (nSPS) is 10.9. The summed E-state index contributed by atoms with van der Waals surface area (Å²) in [7, 11) is 0. The van der Waals surface area contributed by atoms with Crippen LogP contribution in [-0.4, -0.2) is 23.2 Å². The summed E-state index contributed by atoms with van der Waals surface area (Å²) in [4.78, 5) is 22.2. The number of carbonyl (C=O) groups excluding carboxylic acids is 1. The van der Waals surface area contributed by atoms with E-state index in [2.05, 4.69) is 10.5 Å². The molecular weight excluding hydrogens is 298 g/mol. The van der Waals surface area contributed by atoms with Gasteiger partial charge in [0.15, 0.2) is 5.71 Å². The summed E-state index contributed by atoms with van der Waals surface area (Å²) in [6.07, 6.45) is 0. The van der Waals surface area contributed by atoms with Crippen molar-refractivity contribution in [2.24, 2.45) is 5.10 Å². The largest absolute Gasteiger partial charge is 0.461 e. The molecule has 0 bridgehead atoms. The molecule has 0 fully saturated rings. The Labute approximate surface area is 132 Å². The van der Waals surface area contributed by atoms with Gasteiger partial charge >= 0.3 is 5.97 Å². The topological polar surface area (TPSA) is 93.8 Å². The summed E-state index contributed by atoms with van der Waals surface area (Å²) in [5.41, 5.74) is 3.96. The minimum Gasteiger partial charge on any atom is -0.461 e. The number of ether oxygens (including phenoxy) is 1. The van der Waals surface area contributed by atoms with Crippen molar-refractivity contribution in [3.63, 3.8) is 0 Å². The molecule has 0 atom stereocenters. The average Bonchev–Trinajstić information content (AvgIpc) is 2.57. The maximum absolute atomic E-state index is 12.0. The van der Waals surface area contributed by atoms with Crippen LogP contribution in [0.2, 0.25) is 0 Å². The van der Waals surface area contributed by atoms with Gasteiger partial charge < -0.3 is 4.74 Å². The first kappa shape index (κ1) is 16.2. The van der Waals surface area contributed by atoms with Crippen LogP contribution in [0.25, 0.3) is 0 Å². The van der Waals surface area contributed by atoms with E-state index in [4.69, 9.17) is 4.74 Å². The van der Waals surface area contributed by atoms with Crippen LogP contribution in [-0.2, 0) is 9.53 Å². The maximum atomic E-state index is 12.0. The number of hydrogen-bond acceptors (Lipinski definition) is 6. The van der Waals surface area contributed by atoms with Crippen LogP contribution in [0.1, 0.15) is 12.5 Å². The lowest BCUT2D eigenvalue weighted by Crippen LogP contribution is -2.20. The fraction of sp³-hybridized carbons (Fsp3) is 0.125. The van der Waals surface area contributed by atoms with E-state index in [1.807, 2.05) is 6.07 Å². The van der Waals surface area contributed by atoms with Crippen molar-refractivity contribution < 1.29 is 14.5 Å². The lowest BCUT2D eigenvalue weighted by molar-refractivity contribution is -0.384. The number of benzene rings is 2. The highest BCUT2D eigenvalue weighted by molar-refractivity contribution is 6.43. The van der Waals surface area contributed by atoms with Crippen LogP contribution in [0, 0.1) is 10.1 Å². The Morgan fingerprint density at radius 2 is 1.83 bits per heavy atom. The minimum absolute atomic E-state index is 0.0202. The van der Waals surface area contributed by atoms with E-state index in [0.29, 0.717) is 11.3 Å². The number of esters is 1. The Balaban J connectivity index is 2.23. The van der Waals surface area contributed by atoms with Crippen molar-refractivity contribution in [3.05, 3.63) is 70.3 Å². The number of carbonyl (C=O) groups is 1. The number of nitrogens with one attached hydrogen (secondary N) is 1. The van der Waals surface area contributed by atoms with Crippen molar-refractivity contribution in [3.8, 4) is 0 Å². The van der Waals surface area contributed by atoms with E-state index >= 15 is 0 Å². The molecule has 2 aromatic rings. The van der Waals surface area contributed by atoms with Crippen LogP contribution in [0.5, 0.6) is 0 Å². The number of nitro benzene ring substituents is 1. The van der Waals surface area contributed by atoms with Crippen molar-refractivity contribution in [1.82, 2.24) is 0 Å². The number of hydrogen-bond donors (Lipinski definition) is 1. The second-order valence-electron chi connectivity index (χ2n) is 4.46. The highest BCUT2D eigenvalue weighted by atomic mass is 16.6. The van der Waals surface area contributed by atoms with Crippen LogP contribution in [0.4, 0.5) is 11.4 Å². The molecule has 7 heteroatoms. The Kier molecular flexibility index (Phi) is 5.40. The Bertz CT molecular complexity index is 712. The standard InChI is InChI=1S/C16H15N3O4/c1-2-23-16(20)15(12-6-4-3-5-7-12)18-17-13-8-10-14(11-9-13)19(21)22/h3-11,17H,2H2,1H3/b18-15-. The fourth-order valence-corrected chi connectivity index (χ4v) is 1.80. The smallest absolute Gasteiger partial charge is 0.359 e. The molecule has 0 heterocycles. The Morgan fingerprint density at radius 3 is 2.39 bits per heavy atom. The van der Waals surface area contributed by atoms with Gasteiger partial charge in [0.05, 0.1) is 17.2 Å². The molecular formula is C16H15N3O4. The van der Waals surface area contributed by atoms with Gasteiger partial charge in [0.25, 0.3) is 5.69 Å². The zero-order valence-corrected chi connectivity index (χ0v) is 12.4. The molecule has 0 saturated heterocycles. The second kappa shape index (κ2) is 7.69. The molecule has 0 aliphatic carbocycles. The van der Waals surface area contributed by atoms with Crippen molar-refractivity contribution >= 4 is 23.1 Å². The molecule has 0 aliphatic rings. The molecule has 2 rings (SSSR count). The van der Waals surface area contributed by atoms with Gasteiger partial charge in [0.2, 0.25) is 0 Å². The predicted molar refractivity (Wildman–Crippen MR) is 86.3 cm³/mol. The second-order valence-corrected chi connectivity index (χ2v) is 4.46. The third-order valence-corrected chi connectivity index (χ3v) is 2.89. The summed E-state index contributed by atoms with van der Waals surface area (Å²) in [5.74, 6) is -0.548. The molecule has 0 radical (unpaired) electrons. The number of non-ortho nitro benzene ring substituents is 1. The van der Waals surface area contributed by atoms with Crippen LogP contribution >= 0.6 is 0 Å². The quantitative estimate of drug-likeness (QED) is 0.383. The van der Waals surface area contributed by atoms with Crippen molar-refractivity contribution in [2.75, 3.05) is 12.0 Å². The van der Waals surface area contributed by atoms with Crippen LogP contribution in [0.3, 0.4) is 0 Å². The lowest BCUT2D eigenvalue weighted by Gasteiger charge is -2.07. The first-order chi connectivity index (χ1) is 11.1. The number of nitrogens with zero attached hydrogens (tertiary/aromatic N) is 2. The Hall–Kier alpha value is -3.22. The van der Waals surface area contributed by atoms with E-state index in [-0.39, 0.29) is 18.0 Å². The molecule has 1 N–H and O–H groups in total. The highest BCUT2D eigenvalue weighted by Crippen LogP contribution is 2.15. The number of nitro groups is 1. The summed E-state index contributed by atoms with van der Waals surface area (Å²) < 4.78 is 5.00. The van der Waals surface area contributed by atoms with Crippen LogP contribution in [0.15, 0.2) is 59.7 Å². The first-order valence-corrected chi connectivity index (χ1v) is 6.92. The summed E-state index contributed by atoms with van der Waals surface area (Å²) in [6, 6.07) is 14.6. The van der Waals surface area contributed by atoms with Gasteiger partial charge in [0.1, 0.15) is 0 Å². The zero-order valence-electron chi connectivity index (χ0n) is 12.4. The predicted octanol–water partition coefficient (Wildman–Crippen LogP) is 2.97. The third kappa shape index (κ3) is 4.37. The minimum atomic E-state index is -0.548. The molecule has 0 unspecified atom stereocenters. The van der Waals surface area contributed by atoms with Gasteiger partial charge in [-0.3, -0.25) is 15.5 Å². The third-order valence-electron chi connectivity index (χ3n) is 2.89. The van der Waals surface area contributed by atoms with Crippen molar-refractivity contribution in [1.29, 1.82) is 0 Å². The molecule has 7 nitrogen and oxygen atoms in total.